The maximum absolute atomic E-state index is 12.1. The van der Waals surface area contributed by atoms with Crippen LogP contribution in [0.25, 0.3) is 0 Å². The number of carbonyl (C=O) groups is 1. The number of aliphatic hydroxyl groups is 1. The number of carboxylic acids is 1. The molecule has 0 aliphatic heterocycles. The summed E-state index contributed by atoms with van der Waals surface area (Å²) in [5.41, 5.74) is -0.186. The molecule has 0 aromatic carbocycles. The summed E-state index contributed by atoms with van der Waals surface area (Å²) in [5, 5.41) is 18.2. The summed E-state index contributed by atoms with van der Waals surface area (Å²) in [4.78, 5) is 11.8. The number of thiophene rings is 1. The molecule has 20 heavy (non-hydrogen) atoms. The zero-order valence-electron chi connectivity index (χ0n) is 11.7. The van der Waals surface area contributed by atoms with E-state index in [1.165, 1.54) is 13.0 Å². The van der Waals surface area contributed by atoms with Crippen LogP contribution in [0.4, 0.5) is 0 Å². The Morgan fingerprint density at radius 2 is 1.90 bits per heavy atom. The summed E-state index contributed by atoms with van der Waals surface area (Å²) in [6, 6.07) is 1.58. The molecule has 1 heterocycles. The van der Waals surface area contributed by atoms with E-state index in [9.17, 15) is 18.3 Å². The van der Waals surface area contributed by atoms with Crippen molar-refractivity contribution in [3.8, 4) is 0 Å². The Hall–Kier alpha value is -0.960. The highest BCUT2D eigenvalue weighted by Gasteiger charge is 2.30. The van der Waals surface area contributed by atoms with Crippen LogP contribution in [0.15, 0.2) is 16.3 Å². The summed E-state index contributed by atoms with van der Waals surface area (Å²) >= 11 is 1.09. The highest BCUT2D eigenvalue weighted by Crippen LogP contribution is 2.31. The highest BCUT2D eigenvalue weighted by atomic mass is 32.2. The van der Waals surface area contributed by atoms with Crippen molar-refractivity contribution in [1.29, 1.82) is 0 Å². The van der Waals surface area contributed by atoms with Crippen LogP contribution in [0.5, 0.6) is 0 Å². The van der Waals surface area contributed by atoms with Gasteiger partial charge in [-0.3, -0.25) is 4.79 Å². The lowest BCUT2D eigenvalue weighted by Gasteiger charge is -2.17. The third-order valence-electron chi connectivity index (χ3n) is 2.62. The molecule has 0 amide bonds. The zero-order valence-corrected chi connectivity index (χ0v) is 13.4. The number of carboxylic acid groups (broad SMARTS) is 1. The van der Waals surface area contributed by atoms with E-state index < -0.39 is 28.1 Å². The van der Waals surface area contributed by atoms with Crippen molar-refractivity contribution in [2.75, 3.05) is 0 Å². The van der Waals surface area contributed by atoms with Crippen molar-refractivity contribution in [3.63, 3.8) is 0 Å². The number of nitrogens with one attached hydrogen (secondary N) is 1. The average Bonchev–Trinajstić information content (AvgIpc) is 2.74. The minimum absolute atomic E-state index is 0.0364. The van der Waals surface area contributed by atoms with Gasteiger partial charge in [-0.05, 0) is 24.5 Å². The largest absolute Gasteiger partial charge is 0.480 e. The van der Waals surface area contributed by atoms with Crippen LogP contribution in [0, 0.1) is 0 Å². The zero-order chi connectivity index (χ0) is 15.7. The molecule has 0 spiro atoms. The molecular formula is C12H19NO5S2. The molecule has 1 aromatic rings. The first kappa shape index (κ1) is 17.1. The standard InChI is InChI=1S/C12H19NO5S2/c1-7(14)10(11(15)16)13-20(17,18)9-6-5-8(19-9)12(2,3)4/h5-7,10,13-14H,1-4H3,(H,15,16)/t7-,10-/m0/s1. The first-order chi connectivity index (χ1) is 8.95. The summed E-state index contributed by atoms with van der Waals surface area (Å²) < 4.78 is 26.3. The third-order valence-corrected chi connectivity index (χ3v) is 6.06. The lowest BCUT2D eigenvalue weighted by atomic mass is 9.95. The smallest absolute Gasteiger partial charge is 0.324 e. The Bertz CT molecular complexity index is 583. The predicted octanol–water partition coefficient (Wildman–Crippen LogP) is 1.16. The van der Waals surface area contributed by atoms with Crippen molar-refractivity contribution in [2.24, 2.45) is 0 Å². The van der Waals surface area contributed by atoms with Gasteiger partial charge in [0.05, 0.1) is 6.10 Å². The fraction of sp³-hybridized carbons (Fsp3) is 0.583. The minimum atomic E-state index is -3.96. The molecule has 6 nitrogen and oxygen atoms in total. The van der Waals surface area contributed by atoms with Gasteiger partial charge in [0.1, 0.15) is 10.3 Å². The lowest BCUT2D eigenvalue weighted by Crippen LogP contribution is -2.47. The molecule has 8 heteroatoms. The van der Waals surface area contributed by atoms with Crippen molar-refractivity contribution in [2.45, 2.75) is 49.5 Å². The van der Waals surface area contributed by atoms with Crippen LogP contribution >= 0.6 is 11.3 Å². The van der Waals surface area contributed by atoms with Gasteiger partial charge in [0, 0.05) is 4.88 Å². The second kappa shape index (κ2) is 5.80. The van der Waals surface area contributed by atoms with Crippen molar-refractivity contribution < 1.29 is 23.4 Å². The van der Waals surface area contributed by atoms with Crippen LogP contribution in [0.1, 0.15) is 32.6 Å². The van der Waals surface area contributed by atoms with Crippen LogP contribution in [0.3, 0.4) is 0 Å². The van der Waals surface area contributed by atoms with Gasteiger partial charge < -0.3 is 10.2 Å². The molecule has 0 bridgehead atoms. The molecule has 0 fully saturated rings. The second-order valence-electron chi connectivity index (χ2n) is 5.55. The topological polar surface area (TPSA) is 104 Å². The van der Waals surface area contributed by atoms with Crippen molar-refractivity contribution in [1.82, 2.24) is 4.72 Å². The second-order valence-corrected chi connectivity index (χ2v) is 8.57. The number of rotatable bonds is 5. The Morgan fingerprint density at radius 3 is 2.25 bits per heavy atom. The quantitative estimate of drug-likeness (QED) is 0.755. The van der Waals surface area contributed by atoms with Gasteiger partial charge in [-0.25, -0.2) is 8.42 Å². The molecule has 0 aliphatic carbocycles. The Kier molecular flexibility index (Phi) is 4.96. The fourth-order valence-electron chi connectivity index (χ4n) is 1.45. The van der Waals surface area contributed by atoms with E-state index in [4.69, 9.17) is 5.11 Å². The molecule has 0 unspecified atom stereocenters. The lowest BCUT2D eigenvalue weighted by molar-refractivity contribution is -0.141. The maximum atomic E-state index is 12.1. The predicted molar refractivity (Wildman–Crippen MR) is 76.4 cm³/mol. The van der Waals surface area contributed by atoms with Crippen LogP contribution in [-0.4, -0.2) is 36.7 Å². The normalized spacial score (nSPS) is 15.8. The minimum Gasteiger partial charge on any atom is -0.480 e. The SMILES string of the molecule is C[C@H](O)[C@H](NS(=O)(=O)c1ccc(C(C)(C)C)s1)C(=O)O. The van der Waals surface area contributed by atoms with Gasteiger partial charge in [-0.1, -0.05) is 20.8 Å². The van der Waals surface area contributed by atoms with E-state index in [1.807, 2.05) is 25.5 Å². The number of hydrogen-bond acceptors (Lipinski definition) is 5. The number of hydrogen-bond donors (Lipinski definition) is 3. The van der Waals surface area contributed by atoms with Crippen LogP contribution in [-0.2, 0) is 20.2 Å². The first-order valence-corrected chi connectivity index (χ1v) is 8.28. The molecule has 3 N–H and O–H groups in total. The Morgan fingerprint density at radius 1 is 1.35 bits per heavy atom. The molecular weight excluding hydrogens is 302 g/mol. The summed E-state index contributed by atoms with van der Waals surface area (Å²) in [6.45, 7) is 7.09. The number of sulfonamides is 1. The van der Waals surface area contributed by atoms with Crippen LogP contribution in [0.2, 0.25) is 0 Å². The molecule has 0 saturated heterocycles. The van der Waals surface area contributed by atoms with E-state index in [2.05, 4.69) is 0 Å². The molecule has 2 atom stereocenters. The van der Waals surface area contributed by atoms with E-state index >= 15 is 0 Å². The molecule has 0 saturated carbocycles. The Labute approximate surface area is 122 Å². The number of aliphatic hydroxyl groups excluding tert-OH is 1. The Balaban J connectivity index is 3.05. The monoisotopic (exact) mass is 321 g/mol. The summed E-state index contributed by atoms with van der Waals surface area (Å²) in [5.74, 6) is -1.42. The van der Waals surface area contributed by atoms with E-state index in [1.54, 1.807) is 6.07 Å². The fourth-order valence-corrected chi connectivity index (χ4v) is 4.09. The van der Waals surface area contributed by atoms with Gasteiger partial charge in [0.25, 0.3) is 10.0 Å². The first-order valence-electron chi connectivity index (χ1n) is 5.98. The van der Waals surface area contributed by atoms with E-state index in [0.717, 1.165) is 16.2 Å². The highest BCUT2D eigenvalue weighted by molar-refractivity contribution is 7.91. The average molecular weight is 321 g/mol. The van der Waals surface area contributed by atoms with Crippen LogP contribution < -0.4 is 4.72 Å². The summed E-state index contributed by atoms with van der Waals surface area (Å²) in [6.07, 6.45) is -1.33. The van der Waals surface area contributed by atoms with E-state index in [-0.39, 0.29) is 9.62 Å². The molecule has 1 aromatic heterocycles. The third kappa shape index (κ3) is 4.02. The van der Waals surface area contributed by atoms with Gasteiger partial charge in [0.15, 0.2) is 0 Å². The van der Waals surface area contributed by atoms with E-state index in [0.29, 0.717) is 0 Å². The van der Waals surface area contributed by atoms with Gasteiger partial charge >= 0.3 is 5.97 Å². The van der Waals surface area contributed by atoms with Crippen molar-refractivity contribution >= 4 is 27.3 Å². The van der Waals surface area contributed by atoms with Gasteiger partial charge in [-0.15, -0.1) is 11.3 Å². The van der Waals surface area contributed by atoms with Crippen molar-refractivity contribution in [3.05, 3.63) is 17.0 Å². The summed E-state index contributed by atoms with van der Waals surface area (Å²) in [7, 11) is -3.96. The molecule has 0 aliphatic rings. The molecule has 114 valence electrons. The van der Waals surface area contributed by atoms with Gasteiger partial charge in [-0.2, -0.15) is 4.72 Å². The maximum Gasteiger partial charge on any atom is 0.324 e. The van der Waals surface area contributed by atoms with Gasteiger partial charge in [0.2, 0.25) is 0 Å². The molecule has 0 radical (unpaired) electrons. The number of aliphatic carboxylic acids is 1. The molecule has 1 rings (SSSR count).